The van der Waals surface area contributed by atoms with Crippen LogP contribution in [0.4, 0.5) is 5.69 Å². The van der Waals surface area contributed by atoms with Crippen LogP contribution in [0.1, 0.15) is 23.7 Å². The highest BCUT2D eigenvalue weighted by atomic mass is 16.5. The number of esters is 1. The maximum Gasteiger partial charge on any atom is 0.337 e. The summed E-state index contributed by atoms with van der Waals surface area (Å²) in [5, 5.41) is 9.20. The molecule has 1 aliphatic heterocycles. The van der Waals surface area contributed by atoms with Crippen LogP contribution >= 0.6 is 0 Å². The van der Waals surface area contributed by atoms with Gasteiger partial charge in [-0.25, -0.2) is 4.79 Å². The zero-order valence-corrected chi connectivity index (χ0v) is 11.0. The van der Waals surface area contributed by atoms with E-state index in [9.17, 15) is 14.7 Å². The summed E-state index contributed by atoms with van der Waals surface area (Å²) in [5.41, 5.74) is 0.727. The van der Waals surface area contributed by atoms with Gasteiger partial charge in [-0.05, 0) is 37.6 Å². The van der Waals surface area contributed by atoms with Gasteiger partial charge in [0.25, 0.3) is 0 Å². The SMILES string of the molecule is COC(=O)c1ccc(N2CCC(C)(C(=O)O)C2)cc1. The van der Waals surface area contributed by atoms with Crippen molar-refractivity contribution in [3.63, 3.8) is 0 Å². The van der Waals surface area contributed by atoms with Gasteiger partial charge in [-0.3, -0.25) is 4.79 Å². The molecule has 0 aliphatic carbocycles. The van der Waals surface area contributed by atoms with Crippen molar-refractivity contribution in [1.82, 2.24) is 0 Å². The lowest BCUT2D eigenvalue weighted by Gasteiger charge is -2.21. The van der Waals surface area contributed by atoms with Crippen molar-refractivity contribution in [2.24, 2.45) is 5.41 Å². The van der Waals surface area contributed by atoms with Crippen LogP contribution in [0.2, 0.25) is 0 Å². The van der Waals surface area contributed by atoms with E-state index in [1.807, 2.05) is 17.0 Å². The molecule has 0 radical (unpaired) electrons. The quantitative estimate of drug-likeness (QED) is 0.842. The highest BCUT2D eigenvalue weighted by Gasteiger charge is 2.40. The molecule has 5 nitrogen and oxygen atoms in total. The molecule has 1 N–H and O–H groups in total. The highest BCUT2D eigenvalue weighted by Crippen LogP contribution is 2.33. The zero-order valence-electron chi connectivity index (χ0n) is 11.0. The van der Waals surface area contributed by atoms with Crippen molar-refractivity contribution >= 4 is 17.6 Å². The third-order valence-electron chi connectivity index (χ3n) is 3.64. The van der Waals surface area contributed by atoms with Crippen LogP contribution < -0.4 is 4.90 Å². The van der Waals surface area contributed by atoms with Gasteiger partial charge >= 0.3 is 11.9 Å². The predicted octanol–water partition coefficient (Wildman–Crippen LogP) is 1.77. The molecular formula is C14H17NO4. The maximum atomic E-state index is 11.3. The number of carbonyl (C=O) groups is 2. The highest BCUT2D eigenvalue weighted by molar-refractivity contribution is 5.89. The van der Waals surface area contributed by atoms with Gasteiger partial charge in [0.15, 0.2) is 0 Å². The van der Waals surface area contributed by atoms with Crippen LogP contribution in [0, 0.1) is 5.41 Å². The van der Waals surface area contributed by atoms with Crippen LogP contribution in [0.15, 0.2) is 24.3 Å². The number of nitrogens with zero attached hydrogens (tertiary/aromatic N) is 1. The number of aliphatic carboxylic acids is 1. The smallest absolute Gasteiger partial charge is 0.337 e. The Hall–Kier alpha value is -2.04. The minimum absolute atomic E-state index is 0.372. The molecule has 0 aromatic heterocycles. The van der Waals surface area contributed by atoms with E-state index in [-0.39, 0.29) is 5.97 Å². The molecule has 2 rings (SSSR count). The van der Waals surface area contributed by atoms with E-state index in [1.165, 1.54) is 7.11 Å². The lowest BCUT2D eigenvalue weighted by molar-refractivity contribution is -0.146. The second-order valence-corrected chi connectivity index (χ2v) is 5.08. The molecule has 1 heterocycles. The Balaban J connectivity index is 2.12. The molecule has 19 heavy (non-hydrogen) atoms. The van der Waals surface area contributed by atoms with E-state index < -0.39 is 11.4 Å². The largest absolute Gasteiger partial charge is 0.481 e. The molecule has 0 bridgehead atoms. The van der Waals surface area contributed by atoms with Gasteiger partial charge in [0, 0.05) is 18.8 Å². The topological polar surface area (TPSA) is 66.8 Å². The first-order chi connectivity index (χ1) is 8.96. The number of ether oxygens (including phenoxy) is 1. The lowest BCUT2D eigenvalue weighted by atomic mass is 9.90. The normalized spacial score (nSPS) is 22.3. The molecule has 5 heteroatoms. The zero-order chi connectivity index (χ0) is 14.0. The van der Waals surface area contributed by atoms with Gasteiger partial charge in [0.05, 0.1) is 18.1 Å². The van der Waals surface area contributed by atoms with Gasteiger partial charge in [-0.2, -0.15) is 0 Å². The van der Waals surface area contributed by atoms with Crippen molar-refractivity contribution in [1.29, 1.82) is 0 Å². The van der Waals surface area contributed by atoms with Crippen molar-refractivity contribution < 1.29 is 19.4 Å². The molecule has 102 valence electrons. The Morgan fingerprint density at radius 2 is 1.95 bits per heavy atom. The van der Waals surface area contributed by atoms with E-state index in [0.717, 1.165) is 5.69 Å². The Morgan fingerprint density at radius 3 is 2.42 bits per heavy atom. The molecular weight excluding hydrogens is 246 g/mol. The Labute approximate surface area is 111 Å². The Bertz CT molecular complexity index is 497. The number of anilines is 1. The van der Waals surface area contributed by atoms with Crippen LogP contribution in [-0.4, -0.2) is 37.2 Å². The van der Waals surface area contributed by atoms with E-state index in [2.05, 4.69) is 4.74 Å². The number of methoxy groups -OCH3 is 1. The van der Waals surface area contributed by atoms with Gasteiger partial charge in [0.2, 0.25) is 0 Å². The van der Waals surface area contributed by atoms with Gasteiger partial charge < -0.3 is 14.7 Å². The van der Waals surface area contributed by atoms with Crippen LogP contribution in [0.25, 0.3) is 0 Å². The van der Waals surface area contributed by atoms with E-state index in [1.54, 1.807) is 19.1 Å². The van der Waals surface area contributed by atoms with Crippen LogP contribution in [-0.2, 0) is 9.53 Å². The molecule has 1 saturated heterocycles. The number of carboxylic acid groups (broad SMARTS) is 1. The Morgan fingerprint density at radius 1 is 1.32 bits per heavy atom. The summed E-state index contributed by atoms with van der Waals surface area (Å²) in [5.74, 6) is -1.13. The monoisotopic (exact) mass is 263 g/mol. The molecule has 1 aliphatic rings. The molecule has 0 spiro atoms. The lowest BCUT2D eigenvalue weighted by Crippen LogP contribution is -2.31. The van der Waals surface area contributed by atoms with Gasteiger partial charge in [-0.15, -0.1) is 0 Å². The number of hydrogen-bond acceptors (Lipinski definition) is 4. The minimum Gasteiger partial charge on any atom is -0.481 e. The molecule has 1 fully saturated rings. The molecule has 1 atom stereocenters. The number of carboxylic acids is 1. The fraction of sp³-hybridized carbons (Fsp3) is 0.429. The Kier molecular flexibility index (Phi) is 3.46. The fourth-order valence-corrected chi connectivity index (χ4v) is 2.28. The summed E-state index contributed by atoms with van der Waals surface area (Å²) in [4.78, 5) is 24.5. The first kappa shape index (κ1) is 13.4. The van der Waals surface area contributed by atoms with Crippen molar-refractivity contribution in [3.8, 4) is 0 Å². The van der Waals surface area contributed by atoms with E-state index >= 15 is 0 Å². The van der Waals surface area contributed by atoms with E-state index in [0.29, 0.717) is 25.1 Å². The molecule has 1 aromatic rings. The average molecular weight is 263 g/mol. The minimum atomic E-state index is -0.763. The number of benzene rings is 1. The maximum absolute atomic E-state index is 11.3. The molecule has 0 saturated carbocycles. The van der Waals surface area contributed by atoms with Gasteiger partial charge in [-0.1, -0.05) is 0 Å². The summed E-state index contributed by atoms with van der Waals surface area (Å²) in [6.07, 6.45) is 0.626. The third kappa shape index (κ3) is 2.54. The first-order valence-electron chi connectivity index (χ1n) is 6.13. The summed E-state index contributed by atoms with van der Waals surface area (Å²) < 4.78 is 4.64. The second kappa shape index (κ2) is 4.91. The van der Waals surface area contributed by atoms with Crippen molar-refractivity contribution in [2.75, 3.05) is 25.1 Å². The number of carbonyl (C=O) groups excluding carboxylic acids is 1. The molecule has 1 unspecified atom stereocenters. The summed E-state index contributed by atoms with van der Waals surface area (Å²) in [7, 11) is 1.34. The summed E-state index contributed by atoms with van der Waals surface area (Å²) >= 11 is 0. The van der Waals surface area contributed by atoms with E-state index in [4.69, 9.17) is 0 Å². The van der Waals surface area contributed by atoms with Crippen LogP contribution in [0.5, 0.6) is 0 Å². The number of hydrogen-bond donors (Lipinski definition) is 1. The van der Waals surface area contributed by atoms with Crippen molar-refractivity contribution in [3.05, 3.63) is 29.8 Å². The third-order valence-corrected chi connectivity index (χ3v) is 3.64. The molecule has 1 aromatic carbocycles. The molecule has 0 amide bonds. The number of rotatable bonds is 3. The first-order valence-corrected chi connectivity index (χ1v) is 6.13. The standard InChI is InChI=1S/C14H17NO4/c1-14(13(17)18)7-8-15(9-14)11-5-3-10(4-6-11)12(16)19-2/h3-6H,7-9H2,1-2H3,(H,17,18). The summed E-state index contributed by atoms with van der Waals surface area (Å²) in [6.45, 7) is 2.96. The van der Waals surface area contributed by atoms with Crippen LogP contribution in [0.3, 0.4) is 0 Å². The average Bonchev–Trinajstić information content (AvgIpc) is 2.82. The van der Waals surface area contributed by atoms with Crippen molar-refractivity contribution in [2.45, 2.75) is 13.3 Å². The van der Waals surface area contributed by atoms with Gasteiger partial charge in [0.1, 0.15) is 0 Å². The second-order valence-electron chi connectivity index (χ2n) is 5.08. The fourth-order valence-electron chi connectivity index (χ4n) is 2.28. The predicted molar refractivity (Wildman–Crippen MR) is 70.4 cm³/mol. The summed E-state index contributed by atoms with van der Waals surface area (Å²) in [6, 6.07) is 7.02.